The van der Waals surface area contributed by atoms with Crippen molar-refractivity contribution < 1.29 is 5.11 Å². The highest BCUT2D eigenvalue weighted by Crippen LogP contribution is 2.30. The molecule has 2 rings (SSSR count). The number of hydrogen-bond acceptors (Lipinski definition) is 3. The molecule has 0 unspecified atom stereocenters. The molecule has 0 bridgehead atoms. The zero-order chi connectivity index (χ0) is 15.1. The van der Waals surface area contributed by atoms with Gasteiger partial charge in [-0.2, -0.15) is 0 Å². The third-order valence-corrected chi connectivity index (χ3v) is 4.57. The van der Waals surface area contributed by atoms with Gasteiger partial charge in [0.2, 0.25) is 0 Å². The van der Waals surface area contributed by atoms with E-state index in [0.29, 0.717) is 12.6 Å². The number of nitrogens with zero attached hydrogens (tertiary/aromatic N) is 1. The van der Waals surface area contributed by atoms with Crippen LogP contribution in [0, 0.1) is 0 Å². The van der Waals surface area contributed by atoms with Gasteiger partial charge in [0.25, 0.3) is 0 Å². The molecular formula is C17H27ClN2O. The molecule has 1 aromatic carbocycles. The average molecular weight is 311 g/mol. The fourth-order valence-corrected chi connectivity index (χ4v) is 3.35. The van der Waals surface area contributed by atoms with Crippen LogP contribution >= 0.6 is 11.6 Å². The fraction of sp³-hybridized carbons (Fsp3) is 0.647. The van der Waals surface area contributed by atoms with Crippen molar-refractivity contribution in [3.8, 4) is 0 Å². The van der Waals surface area contributed by atoms with Gasteiger partial charge in [0.05, 0.1) is 6.61 Å². The Balaban J connectivity index is 2.08. The number of rotatable bonds is 8. The zero-order valence-corrected chi connectivity index (χ0v) is 13.7. The molecule has 4 heteroatoms. The Morgan fingerprint density at radius 2 is 2.10 bits per heavy atom. The molecule has 21 heavy (non-hydrogen) atoms. The Morgan fingerprint density at radius 3 is 2.71 bits per heavy atom. The van der Waals surface area contributed by atoms with Crippen molar-refractivity contribution in [3.63, 3.8) is 0 Å². The van der Waals surface area contributed by atoms with Gasteiger partial charge in [0.15, 0.2) is 0 Å². The maximum Gasteiger partial charge on any atom is 0.0606 e. The van der Waals surface area contributed by atoms with Crippen molar-refractivity contribution in [2.24, 2.45) is 0 Å². The van der Waals surface area contributed by atoms with Gasteiger partial charge in [-0.1, -0.05) is 37.4 Å². The largest absolute Gasteiger partial charge is 0.395 e. The number of benzene rings is 1. The van der Waals surface area contributed by atoms with Crippen LogP contribution < -0.4 is 10.2 Å². The van der Waals surface area contributed by atoms with Gasteiger partial charge >= 0.3 is 0 Å². The third kappa shape index (κ3) is 4.60. The molecule has 0 radical (unpaired) electrons. The third-order valence-electron chi connectivity index (χ3n) is 4.22. The molecular weight excluding hydrogens is 284 g/mol. The number of aliphatic hydroxyl groups excluding tert-OH is 1. The van der Waals surface area contributed by atoms with Gasteiger partial charge in [-0.05, 0) is 43.5 Å². The van der Waals surface area contributed by atoms with Gasteiger partial charge in [-0.15, -0.1) is 0 Å². The molecule has 1 aromatic rings. The summed E-state index contributed by atoms with van der Waals surface area (Å²) in [5.74, 6) is 0. The van der Waals surface area contributed by atoms with Gasteiger partial charge in [0.1, 0.15) is 0 Å². The topological polar surface area (TPSA) is 35.5 Å². The Bertz CT molecular complexity index is 433. The van der Waals surface area contributed by atoms with E-state index in [4.69, 9.17) is 11.6 Å². The first-order valence-electron chi connectivity index (χ1n) is 8.13. The van der Waals surface area contributed by atoms with Crippen LogP contribution in [0.4, 0.5) is 5.69 Å². The van der Waals surface area contributed by atoms with Crippen LogP contribution in [0.3, 0.4) is 0 Å². The van der Waals surface area contributed by atoms with E-state index >= 15 is 0 Å². The van der Waals surface area contributed by atoms with E-state index in [1.807, 2.05) is 0 Å². The summed E-state index contributed by atoms with van der Waals surface area (Å²) in [5, 5.41) is 13.5. The maximum atomic E-state index is 9.34. The lowest BCUT2D eigenvalue weighted by atomic mass is 10.1. The molecule has 1 aliphatic rings. The monoisotopic (exact) mass is 310 g/mol. The minimum atomic E-state index is 0.188. The summed E-state index contributed by atoms with van der Waals surface area (Å²) in [7, 11) is 0. The number of nitrogens with one attached hydrogen (secondary N) is 1. The highest BCUT2D eigenvalue weighted by Gasteiger charge is 2.22. The normalized spacial score (nSPS) is 15.6. The minimum absolute atomic E-state index is 0.188. The van der Waals surface area contributed by atoms with Crippen LogP contribution in [-0.2, 0) is 6.54 Å². The molecule has 1 saturated carbocycles. The molecule has 0 atom stereocenters. The summed E-state index contributed by atoms with van der Waals surface area (Å²) >= 11 is 6.43. The summed E-state index contributed by atoms with van der Waals surface area (Å²) < 4.78 is 0. The first kappa shape index (κ1) is 16.6. The molecule has 0 aromatic heterocycles. The van der Waals surface area contributed by atoms with E-state index in [1.165, 1.54) is 25.7 Å². The molecule has 2 N–H and O–H groups in total. The van der Waals surface area contributed by atoms with E-state index in [1.54, 1.807) is 0 Å². The van der Waals surface area contributed by atoms with E-state index in [0.717, 1.165) is 35.8 Å². The van der Waals surface area contributed by atoms with Crippen molar-refractivity contribution in [1.29, 1.82) is 0 Å². The Hall–Kier alpha value is -0.770. The number of hydrogen-bond donors (Lipinski definition) is 2. The summed E-state index contributed by atoms with van der Waals surface area (Å²) in [6, 6.07) is 6.86. The van der Waals surface area contributed by atoms with Gasteiger partial charge in [-0.3, -0.25) is 0 Å². The maximum absolute atomic E-state index is 9.34. The van der Waals surface area contributed by atoms with E-state index in [-0.39, 0.29) is 6.61 Å². The lowest BCUT2D eigenvalue weighted by Gasteiger charge is -2.31. The quantitative estimate of drug-likeness (QED) is 0.720. The van der Waals surface area contributed by atoms with Crippen molar-refractivity contribution in [3.05, 3.63) is 28.8 Å². The van der Waals surface area contributed by atoms with Gasteiger partial charge < -0.3 is 15.3 Å². The highest BCUT2D eigenvalue weighted by atomic mass is 35.5. The summed E-state index contributed by atoms with van der Waals surface area (Å²) in [6.07, 6.45) is 6.15. The summed E-state index contributed by atoms with van der Waals surface area (Å²) in [5.41, 5.74) is 2.28. The SMILES string of the molecule is CCCNCc1ccc(N(CCO)C2CCCC2)cc1Cl. The molecule has 1 fully saturated rings. The molecule has 0 saturated heterocycles. The summed E-state index contributed by atoms with van der Waals surface area (Å²) in [4.78, 5) is 2.32. The number of anilines is 1. The zero-order valence-electron chi connectivity index (χ0n) is 12.9. The summed E-state index contributed by atoms with van der Waals surface area (Å²) in [6.45, 7) is 4.86. The van der Waals surface area contributed by atoms with E-state index in [2.05, 4.69) is 35.3 Å². The molecule has 0 amide bonds. The van der Waals surface area contributed by atoms with Crippen molar-refractivity contribution >= 4 is 17.3 Å². The Morgan fingerprint density at radius 1 is 1.33 bits per heavy atom. The van der Waals surface area contributed by atoms with Crippen LogP contribution in [-0.4, -0.2) is 30.8 Å². The van der Waals surface area contributed by atoms with Crippen LogP contribution in [0.5, 0.6) is 0 Å². The number of aliphatic hydroxyl groups is 1. The van der Waals surface area contributed by atoms with Crippen LogP contribution in [0.15, 0.2) is 18.2 Å². The van der Waals surface area contributed by atoms with Crippen LogP contribution in [0.1, 0.15) is 44.6 Å². The molecule has 0 aliphatic heterocycles. The molecule has 118 valence electrons. The molecule has 0 heterocycles. The Kier molecular flexibility index (Phi) is 6.81. The first-order valence-corrected chi connectivity index (χ1v) is 8.50. The Labute approximate surface area is 133 Å². The van der Waals surface area contributed by atoms with E-state index in [9.17, 15) is 5.11 Å². The predicted octanol–water partition coefficient (Wildman–Crippen LogP) is 3.58. The average Bonchev–Trinajstić information content (AvgIpc) is 3.00. The van der Waals surface area contributed by atoms with Crippen molar-refractivity contribution in [2.75, 3.05) is 24.6 Å². The molecule has 1 aliphatic carbocycles. The second kappa shape index (κ2) is 8.62. The van der Waals surface area contributed by atoms with E-state index < -0.39 is 0 Å². The highest BCUT2D eigenvalue weighted by molar-refractivity contribution is 6.31. The standard InChI is InChI=1S/C17H27ClN2O/c1-2-9-19-13-14-7-8-16(12-17(14)18)20(10-11-21)15-5-3-4-6-15/h7-8,12,15,19,21H,2-6,9-11,13H2,1H3. The second-order valence-electron chi connectivity index (χ2n) is 5.81. The molecule has 0 spiro atoms. The van der Waals surface area contributed by atoms with Gasteiger partial charge in [-0.25, -0.2) is 0 Å². The first-order chi connectivity index (χ1) is 10.3. The lowest BCUT2D eigenvalue weighted by molar-refractivity contribution is 0.297. The molecule has 3 nitrogen and oxygen atoms in total. The number of halogens is 1. The van der Waals surface area contributed by atoms with Crippen molar-refractivity contribution in [2.45, 2.75) is 51.6 Å². The second-order valence-corrected chi connectivity index (χ2v) is 6.21. The minimum Gasteiger partial charge on any atom is -0.395 e. The van der Waals surface area contributed by atoms with Crippen LogP contribution in [0.2, 0.25) is 5.02 Å². The van der Waals surface area contributed by atoms with Crippen LogP contribution in [0.25, 0.3) is 0 Å². The fourth-order valence-electron chi connectivity index (χ4n) is 3.10. The van der Waals surface area contributed by atoms with Gasteiger partial charge in [0, 0.05) is 29.8 Å². The lowest BCUT2D eigenvalue weighted by Crippen LogP contribution is -2.35. The smallest absolute Gasteiger partial charge is 0.0606 e. The van der Waals surface area contributed by atoms with Crippen molar-refractivity contribution in [1.82, 2.24) is 5.32 Å². The predicted molar refractivity (Wildman–Crippen MR) is 90.1 cm³/mol.